The van der Waals surface area contributed by atoms with E-state index in [4.69, 9.17) is 0 Å². The van der Waals surface area contributed by atoms with Gasteiger partial charge in [0.15, 0.2) is 17.5 Å². The van der Waals surface area contributed by atoms with E-state index in [1.165, 1.54) is 28.6 Å². The third-order valence-corrected chi connectivity index (χ3v) is 4.57. The van der Waals surface area contributed by atoms with Crippen LogP contribution in [-0.4, -0.2) is 24.0 Å². The Bertz CT molecular complexity index is 684. The molecule has 134 valence electrons. The summed E-state index contributed by atoms with van der Waals surface area (Å²) >= 11 is 1.39. The summed E-state index contributed by atoms with van der Waals surface area (Å²) in [5.41, 5.74) is 3.57. The summed E-state index contributed by atoms with van der Waals surface area (Å²) in [6, 6.07) is 12.7. The lowest BCUT2D eigenvalue weighted by Crippen LogP contribution is -3.00. The topological polar surface area (TPSA) is 24.2 Å². The molecule has 0 fully saturated rings. The Morgan fingerprint density at radius 1 is 1.08 bits per heavy atom. The van der Waals surface area contributed by atoms with E-state index in [9.17, 15) is 4.79 Å². The van der Waals surface area contributed by atoms with Crippen molar-refractivity contribution in [3.63, 3.8) is 0 Å². The molecule has 0 spiro atoms. The van der Waals surface area contributed by atoms with Crippen molar-refractivity contribution in [2.24, 2.45) is 7.05 Å². The fourth-order valence-corrected chi connectivity index (χ4v) is 2.98. The van der Waals surface area contributed by atoms with Crippen molar-refractivity contribution in [2.75, 3.05) is 23.7 Å². The number of anilines is 1. The molecule has 0 atom stereocenters. The van der Waals surface area contributed by atoms with Crippen molar-refractivity contribution in [3.05, 3.63) is 59.9 Å². The van der Waals surface area contributed by atoms with Crippen LogP contribution in [0.2, 0.25) is 0 Å². The number of aromatic nitrogens is 1. The molecule has 0 amide bonds. The first-order valence-electron chi connectivity index (χ1n) is 8.20. The number of aryl methyl sites for hydroxylation is 1. The van der Waals surface area contributed by atoms with Gasteiger partial charge in [-0.2, -0.15) is 0 Å². The highest BCUT2D eigenvalue weighted by Gasteiger charge is 2.04. The van der Waals surface area contributed by atoms with Crippen LogP contribution in [0.15, 0.2) is 48.8 Å². The smallest absolute Gasteiger partial charge is 0.185 e. The van der Waals surface area contributed by atoms with E-state index in [-0.39, 0.29) is 29.1 Å². The highest BCUT2D eigenvalue weighted by atomic mass is 127. The molecule has 0 saturated carbocycles. The van der Waals surface area contributed by atoms with Gasteiger partial charge >= 0.3 is 0 Å². The van der Waals surface area contributed by atoms with Crippen LogP contribution in [0.25, 0.3) is 12.2 Å². The number of thioether (sulfide) groups is 1. The van der Waals surface area contributed by atoms with Crippen molar-refractivity contribution in [2.45, 2.75) is 13.8 Å². The lowest BCUT2D eigenvalue weighted by atomic mass is 10.1. The van der Waals surface area contributed by atoms with Gasteiger partial charge in [0, 0.05) is 43.6 Å². The fraction of sp³-hybridized carbons (Fsp3) is 0.300. The Labute approximate surface area is 172 Å². The van der Waals surface area contributed by atoms with Crippen LogP contribution in [0.5, 0.6) is 0 Å². The van der Waals surface area contributed by atoms with Gasteiger partial charge in [-0.3, -0.25) is 4.79 Å². The van der Waals surface area contributed by atoms with Gasteiger partial charge in [-0.15, -0.1) is 0 Å². The quantitative estimate of drug-likeness (QED) is 0.444. The molecule has 0 N–H and O–H groups in total. The number of halogens is 1. The fourth-order valence-electron chi connectivity index (χ4n) is 2.38. The SMILES string of the molecule is CCN(CCSC(C)=O)c1ccc(/C=C/c2cc[n+](C)cc2)cc1.[I-]. The van der Waals surface area contributed by atoms with Crippen LogP contribution in [-0.2, 0) is 11.8 Å². The zero-order chi connectivity index (χ0) is 17.4. The molecule has 1 aromatic heterocycles. The molecular weight excluding hydrogens is 443 g/mol. The third kappa shape index (κ3) is 7.61. The van der Waals surface area contributed by atoms with Gasteiger partial charge in [-0.25, -0.2) is 4.57 Å². The van der Waals surface area contributed by atoms with Crippen molar-refractivity contribution in [1.29, 1.82) is 0 Å². The second-order valence-corrected chi connectivity index (χ2v) is 6.91. The Morgan fingerprint density at radius 2 is 1.64 bits per heavy atom. The number of carbonyl (C=O) groups excluding carboxylic acids is 1. The number of nitrogens with zero attached hydrogens (tertiary/aromatic N) is 2. The van der Waals surface area contributed by atoms with Gasteiger partial charge in [0.2, 0.25) is 0 Å². The minimum atomic E-state index is 0. The maximum absolute atomic E-state index is 11.0. The Kier molecular flexibility index (Phi) is 9.82. The minimum Gasteiger partial charge on any atom is -1.00 e. The first-order chi connectivity index (χ1) is 11.6. The summed E-state index contributed by atoms with van der Waals surface area (Å²) in [7, 11) is 2.01. The molecule has 0 aliphatic carbocycles. The molecule has 5 heteroatoms. The Morgan fingerprint density at radius 3 is 2.16 bits per heavy atom. The van der Waals surface area contributed by atoms with E-state index >= 15 is 0 Å². The average molecular weight is 468 g/mol. The van der Waals surface area contributed by atoms with Gasteiger partial charge < -0.3 is 28.9 Å². The van der Waals surface area contributed by atoms with Crippen molar-refractivity contribution in [3.8, 4) is 0 Å². The van der Waals surface area contributed by atoms with Crippen LogP contribution in [0, 0.1) is 0 Å². The van der Waals surface area contributed by atoms with E-state index in [2.05, 4.69) is 60.4 Å². The number of hydrogen-bond acceptors (Lipinski definition) is 3. The van der Waals surface area contributed by atoms with Crippen LogP contribution >= 0.6 is 11.8 Å². The Hall–Kier alpha value is -1.34. The number of pyridine rings is 1. The maximum Gasteiger partial charge on any atom is 0.185 e. The molecule has 0 aliphatic heterocycles. The second-order valence-electron chi connectivity index (χ2n) is 5.64. The third-order valence-electron chi connectivity index (χ3n) is 3.78. The molecule has 1 heterocycles. The molecule has 25 heavy (non-hydrogen) atoms. The molecular formula is C20H25IN2OS. The van der Waals surface area contributed by atoms with E-state index in [0.29, 0.717) is 0 Å². The van der Waals surface area contributed by atoms with E-state index in [1.54, 1.807) is 6.92 Å². The molecule has 0 saturated heterocycles. The number of benzene rings is 1. The summed E-state index contributed by atoms with van der Waals surface area (Å²) in [6.45, 7) is 5.59. The van der Waals surface area contributed by atoms with Gasteiger partial charge in [0.05, 0.1) is 0 Å². The highest BCUT2D eigenvalue weighted by Crippen LogP contribution is 2.17. The van der Waals surface area contributed by atoms with Crippen LogP contribution in [0.3, 0.4) is 0 Å². The molecule has 3 nitrogen and oxygen atoms in total. The summed E-state index contributed by atoms with van der Waals surface area (Å²) in [6.07, 6.45) is 8.33. The van der Waals surface area contributed by atoms with Crippen LogP contribution in [0.4, 0.5) is 5.69 Å². The summed E-state index contributed by atoms with van der Waals surface area (Å²) in [5.74, 6) is 0.830. The number of carbonyl (C=O) groups is 1. The molecule has 0 radical (unpaired) electrons. The van der Waals surface area contributed by atoms with Crippen molar-refractivity contribution in [1.82, 2.24) is 0 Å². The Balaban J connectivity index is 0.00000312. The molecule has 2 rings (SSSR count). The normalized spacial score (nSPS) is 10.5. The van der Waals surface area contributed by atoms with E-state index in [1.807, 2.05) is 24.0 Å². The summed E-state index contributed by atoms with van der Waals surface area (Å²) < 4.78 is 2.02. The molecule has 0 aliphatic rings. The van der Waals surface area contributed by atoms with Gasteiger partial charge in [0.1, 0.15) is 7.05 Å². The predicted octanol–water partition coefficient (Wildman–Crippen LogP) is 0.792. The van der Waals surface area contributed by atoms with Gasteiger partial charge in [-0.05, 0) is 30.2 Å². The van der Waals surface area contributed by atoms with Crippen molar-refractivity contribution >= 4 is 34.7 Å². The first kappa shape index (κ1) is 21.7. The van der Waals surface area contributed by atoms with Crippen LogP contribution < -0.4 is 33.4 Å². The first-order valence-corrected chi connectivity index (χ1v) is 9.19. The number of hydrogen-bond donors (Lipinski definition) is 0. The van der Waals surface area contributed by atoms with Crippen molar-refractivity contribution < 1.29 is 33.3 Å². The zero-order valence-corrected chi connectivity index (χ0v) is 18.0. The summed E-state index contributed by atoms with van der Waals surface area (Å²) in [5, 5.41) is 0.182. The maximum atomic E-state index is 11.0. The lowest BCUT2D eigenvalue weighted by molar-refractivity contribution is -0.671. The van der Waals surface area contributed by atoms with E-state index < -0.39 is 0 Å². The highest BCUT2D eigenvalue weighted by molar-refractivity contribution is 8.13. The summed E-state index contributed by atoms with van der Waals surface area (Å²) in [4.78, 5) is 13.3. The molecule has 1 aromatic carbocycles. The molecule has 2 aromatic rings. The van der Waals surface area contributed by atoms with E-state index in [0.717, 1.165) is 18.8 Å². The predicted molar refractivity (Wildman–Crippen MR) is 104 cm³/mol. The largest absolute Gasteiger partial charge is 1.00 e. The average Bonchev–Trinajstić information content (AvgIpc) is 2.59. The molecule has 0 bridgehead atoms. The van der Waals surface area contributed by atoms with Crippen LogP contribution in [0.1, 0.15) is 25.0 Å². The minimum absolute atomic E-state index is 0. The zero-order valence-electron chi connectivity index (χ0n) is 15.0. The molecule has 0 unspecified atom stereocenters. The second kappa shape index (κ2) is 11.3. The lowest BCUT2D eigenvalue weighted by Gasteiger charge is -2.22. The number of rotatable bonds is 7. The van der Waals surface area contributed by atoms with Gasteiger partial charge in [-0.1, -0.05) is 36.0 Å². The monoisotopic (exact) mass is 468 g/mol. The van der Waals surface area contributed by atoms with Gasteiger partial charge in [0.25, 0.3) is 0 Å². The standard InChI is InChI=1S/C20H25N2OS.HI/c1-4-22(15-16-24-17(2)23)20-9-7-18(8-10-20)5-6-19-11-13-21(3)14-12-19;/h5-14H,4,15-16H2,1-3H3;1H/q+1;/p-1.